The largest absolute Gasteiger partial charge is 0.506 e. The highest BCUT2D eigenvalue weighted by molar-refractivity contribution is 6.58. The van der Waals surface area contributed by atoms with Gasteiger partial charge in [0.05, 0.1) is 6.20 Å². The van der Waals surface area contributed by atoms with Gasteiger partial charge in [-0.1, -0.05) is 0 Å². The van der Waals surface area contributed by atoms with Crippen LogP contribution in [0.5, 0.6) is 5.75 Å². The molecule has 0 bridgehead atoms. The van der Waals surface area contributed by atoms with Crippen molar-refractivity contribution in [3.63, 3.8) is 0 Å². The highest BCUT2D eigenvalue weighted by Crippen LogP contribution is 2.03. The molecule has 6 heteroatoms. The van der Waals surface area contributed by atoms with E-state index in [4.69, 9.17) is 15.2 Å². The Morgan fingerprint density at radius 2 is 2.09 bits per heavy atom. The zero-order valence-electron chi connectivity index (χ0n) is 5.40. The van der Waals surface area contributed by atoms with Gasteiger partial charge in [-0.3, -0.25) is 0 Å². The second kappa shape index (κ2) is 2.85. The number of hydrogen-bond donors (Lipinski definition) is 3. The second-order valence-corrected chi connectivity index (χ2v) is 1.95. The first-order valence-electron chi connectivity index (χ1n) is 2.82. The fourth-order valence-corrected chi connectivity index (χ4v) is 0.635. The fourth-order valence-electron chi connectivity index (χ4n) is 0.635. The van der Waals surface area contributed by atoms with Crippen LogP contribution in [0.15, 0.2) is 12.3 Å². The molecule has 0 unspecified atom stereocenters. The van der Waals surface area contributed by atoms with Gasteiger partial charge in [-0.05, 0) is 6.07 Å². The lowest BCUT2D eigenvalue weighted by Crippen LogP contribution is -2.33. The minimum atomic E-state index is -1.95. The molecule has 1 rings (SSSR count). The molecular weight excluding hydrogens is 152 g/mol. The summed E-state index contributed by atoms with van der Waals surface area (Å²) in [6.45, 7) is 0. The molecule has 3 N–H and O–H groups in total. The quantitative estimate of drug-likeness (QED) is 0.346. The normalized spacial score (nSPS) is 9.73. The van der Waals surface area contributed by atoms with E-state index in [-0.39, 0.29) is 5.75 Å². The molecule has 1 heterocycles. The summed E-state index contributed by atoms with van der Waals surface area (Å²) in [5.41, 5.74) is -0.440. The molecule has 0 saturated heterocycles. The molecule has 0 aliphatic carbocycles. The summed E-state index contributed by atoms with van der Waals surface area (Å²) in [6, 6.07) is 0.896. The summed E-state index contributed by atoms with van der Waals surface area (Å²) in [6.07, 6.45) is 0.876. The van der Waals surface area contributed by atoms with E-state index in [0.29, 0.717) is 0 Å². The molecule has 0 atom stereocenters. The van der Waals surface area contributed by atoms with E-state index in [0.717, 1.165) is 12.3 Å². The van der Waals surface area contributed by atoms with Crippen LogP contribution in [0.1, 0.15) is 0 Å². The minimum Gasteiger partial charge on any atom is -0.506 e. The van der Waals surface area contributed by atoms with Gasteiger partial charge in [-0.25, -0.2) is 4.98 Å². The van der Waals surface area contributed by atoms with Crippen LogP contribution >= 0.6 is 0 Å². The first kappa shape index (κ1) is 7.97. The molecule has 4 nitrogen and oxygen atoms in total. The first-order chi connectivity index (χ1) is 5.11. The Morgan fingerprint density at radius 3 is 2.55 bits per heavy atom. The van der Waals surface area contributed by atoms with Crippen LogP contribution in [0.2, 0.25) is 0 Å². The highest BCUT2D eigenvalue weighted by Gasteiger charge is 2.17. The Bertz CT molecular complexity index is 268. The van der Waals surface area contributed by atoms with Crippen LogP contribution in [-0.2, 0) is 0 Å². The zero-order valence-corrected chi connectivity index (χ0v) is 5.40. The molecular formula is C5H5BFNO3. The summed E-state index contributed by atoms with van der Waals surface area (Å²) >= 11 is 0. The Hall–Kier alpha value is -1.14. The maximum Gasteiger partial charge on any atom is 0.493 e. The van der Waals surface area contributed by atoms with Crippen molar-refractivity contribution < 1.29 is 19.5 Å². The van der Waals surface area contributed by atoms with Gasteiger partial charge in [0.2, 0.25) is 5.95 Å². The van der Waals surface area contributed by atoms with E-state index >= 15 is 0 Å². The Balaban J connectivity index is 3.13. The van der Waals surface area contributed by atoms with Crippen molar-refractivity contribution in [3.05, 3.63) is 18.2 Å². The summed E-state index contributed by atoms with van der Waals surface area (Å²) in [5, 5.41) is 25.7. The molecule has 0 radical (unpaired) electrons. The van der Waals surface area contributed by atoms with Gasteiger partial charge in [0.1, 0.15) is 5.75 Å². The number of aromatic hydroxyl groups is 1. The molecule has 1 aromatic heterocycles. The third kappa shape index (κ3) is 1.66. The number of nitrogens with zero attached hydrogens (tertiary/aromatic N) is 1. The summed E-state index contributed by atoms with van der Waals surface area (Å²) in [4.78, 5) is 3.06. The Kier molecular flexibility index (Phi) is 2.07. The number of halogens is 1. The van der Waals surface area contributed by atoms with Crippen LogP contribution in [0, 0.1) is 5.95 Å². The highest BCUT2D eigenvalue weighted by atomic mass is 19.1. The minimum absolute atomic E-state index is 0.311. The maximum atomic E-state index is 12.5. The van der Waals surface area contributed by atoms with Gasteiger partial charge in [-0.15, -0.1) is 0 Å². The standard InChI is InChI=1S/C5H5BFNO3/c7-5-4(6(10)11)1-3(9)2-8-5/h1-2,9-11H. The van der Waals surface area contributed by atoms with Crippen molar-refractivity contribution in [2.75, 3.05) is 0 Å². The molecule has 0 aromatic carbocycles. The lowest BCUT2D eigenvalue weighted by Gasteiger charge is -1.99. The van der Waals surface area contributed by atoms with Gasteiger partial charge in [0.25, 0.3) is 0 Å². The molecule has 11 heavy (non-hydrogen) atoms. The SMILES string of the molecule is OB(O)c1cc(O)cnc1F. The maximum absolute atomic E-state index is 12.5. The topological polar surface area (TPSA) is 73.6 Å². The van der Waals surface area contributed by atoms with Gasteiger partial charge < -0.3 is 15.2 Å². The molecule has 1 aromatic rings. The average Bonchev–Trinajstić information content (AvgIpc) is 1.94. The van der Waals surface area contributed by atoms with Crippen LogP contribution in [0.3, 0.4) is 0 Å². The van der Waals surface area contributed by atoms with Crippen molar-refractivity contribution >= 4 is 12.6 Å². The predicted molar refractivity (Wildman–Crippen MR) is 35.7 cm³/mol. The van der Waals surface area contributed by atoms with E-state index in [1.165, 1.54) is 0 Å². The van der Waals surface area contributed by atoms with Crippen LogP contribution in [0.4, 0.5) is 4.39 Å². The molecule has 0 aliphatic rings. The lowest BCUT2D eigenvalue weighted by molar-refractivity contribution is 0.419. The molecule has 0 amide bonds. The monoisotopic (exact) mass is 157 g/mol. The number of aromatic nitrogens is 1. The van der Waals surface area contributed by atoms with Crippen molar-refractivity contribution in [1.29, 1.82) is 0 Å². The van der Waals surface area contributed by atoms with E-state index in [2.05, 4.69) is 4.98 Å². The molecule has 0 saturated carbocycles. The lowest BCUT2D eigenvalue weighted by atomic mass is 9.81. The summed E-state index contributed by atoms with van der Waals surface area (Å²) in [7, 11) is -1.95. The smallest absolute Gasteiger partial charge is 0.493 e. The Labute approximate surface area is 62.1 Å². The van der Waals surface area contributed by atoms with Crippen molar-refractivity contribution in [2.24, 2.45) is 0 Å². The Morgan fingerprint density at radius 1 is 1.45 bits per heavy atom. The zero-order chi connectivity index (χ0) is 8.43. The van der Waals surface area contributed by atoms with Crippen molar-refractivity contribution in [3.8, 4) is 5.75 Å². The van der Waals surface area contributed by atoms with Gasteiger partial charge in [-0.2, -0.15) is 4.39 Å². The predicted octanol–water partition coefficient (Wildman–Crippen LogP) is -1.39. The third-order valence-corrected chi connectivity index (χ3v) is 1.13. The van der Waals surface area contributed by atoms with Gasteiger partial charge >= 0.3 is 7.12 Å². The number of hydrogen-bond acceptors (Lipinski definition) is 4. The van der Waals surface area contributed by atoms with Crippen molar-refractivity contribution in [1.82, 2.24) is 4.98 Å². The van der Waals surface area contributed by atoms with Gasteiger partial charge in [0, 0.05) is 5.46 Å². The summed E-state index contributed by atoms with van der Waals surface area (Å²) in [5.74, 6) is -1.31. The van der Waals surface area contributed by atoms with Crippen LogP contribution in [-0.4, -0.2) is 27.3 Å². The number of pyridine rings is 1. The molecule has 0 aliphatic heterocycles. The molecule has 0 fully saturated rings. The fraction of sp³-hybridized carbons (Fsp3) is 0. The third-order valence-electron chi connectivity index (χ3n) is 1.13. The van der Waals surface area contributed by atoms with E-state index in [9.17, 15) is 4.39 Å². The van der Waals surface area contributed by atoms with E-state index in [1.54, 1.807) is 0 Å². The summed E-state index contributed by atoms with van der Waals surface area (Å²) < 4.78 is 12.5. The average molecular weight is 157 g/mol. The second-order valence-electron chi connectivity index (χ2n) is 1.95. The van der Waals surface area contributed by atoms with Crippen LogP contribution < -0.4 is 5.46 Å². The van der Waals surface area contributed by atoms with E-state index in [1.807, 2.05) is 0 Å². The van der Waals surface area contributed by atoms with E-state index < -0.39 is 18.5 Å². The molecule has 0 spiro atoms. The number of rotatable bonds is 1. The molecule has 58 valence electrons. The van der Waals surface area contributed by atoms with Crippen LogP contribution in [0.25, 0.3) is 0 Å². The van der Waals surface area contributed by atoms with Crippen molar-refractivity contribution in [2.45, 2.75) is 0 Å². The van der Waals surface area contributed by atoms with Gasteiger partial charge in [0.15, 0.2) is 0 Å². The first-order valence-corrected chi connectivity index (χ1v) is 2.82.